The van der Waals surface area contributed by atoms with Crippen molar-refractivity contribution in [2.45, 2.75) is 39.2 Å². The number of benzene rings is 2. The fourth-order valence-corrected chi connectivity index (χ4v) is 2.86. The second kappa shape index (κ2) is 9.90. The van der Waals surface area contributed by atoms with Crippen molar-refractivity contribution < 1.29 is 14.7 Å². The Morgan fingerprint density at radius 2 is 1.71 bits per heavy atom. The Labute approximate surface area is 166 Å². The lowest BCUT2D eigenvalue weighted by Gasteiger charge is -2.20. The second-order valence-corrected chi connectivity index (χ2v) is 7.11. The van der Waals surface area contributed by atoms with Crippen molar-refractivity contribution in [2.75, 3.05) is 23.9 Å². The van der Waals surface area contributed by atoms with E-state index >= 15 is 0 Å². The van der Waals surface area contributed by atoms with Gasteiger partial charge in [0.2, 0.25) is 5.91 Å². The molecule has 0 aromatic heterocycles. The molecule has 6 nitrogen and oxygen atoms in total. The zero-order valence-corrected chi connectivity index (χ0v) is 16.9. The number of amides is 3. The van der Waals surface area contributed by atoms with E-state index in [0.29, 0.717) is 23.7 Å². The third-order valence-corrected chi connectivity index (χ3v) is 4.69. The molecule has 28 heavy (non-hydrogen) atoms. The molecule has 3 N–H and O–H groups in total. The number of anilines is 2. The van der Waals surface area contributed by atoms with Crippen molar-refractivity contribution in [1.29, 1.82) is 0 Å². The topological polar surface area (TPSA) is 81.7 Å². The Morgan fingerprint density at radius 1 is 1.07 bits per heavy atom. The van der Waals surface area contributed by atoms with Gasteiger partial charge in [-0.25, -0.2) is 4.79 Å². The van der Waals surface area contributed by atoms with Gasteiger partial charge in [0.25, 0.3) is 0 Å². The lowest BCUT2D eigenvalue weighted by atomic mass is 9.98. The van der Waals surface area contributed by atoms with Crippen LogP contribution in [0.15, 0.2) is 48.5 Å². The molecule has 6 heteroatoms. The zero-order chi connectivity index (χ0) is 20.7. The predicted molar refractivity (Wildman–Crippen MR) is 113 cm³/mol. The number of urea groups is 1. The van der Waals surface area contributed by atoms with Crippen molar-refractivity contribution >= 4 is 23.3 Å². The van der Waals surface area contributed by atoms with Crippen LogP contribution in [-0.4, -0.2) is 30.7 Å². The van der Waals surface area contributed by atoms with E-state index in [-0.39, 0.29) is 24.6 Å². The molecule has 150 valence electrons. The number of hydrogen-bond acceptors (Lipinski definition) is 3. The van der Waals surface area contributed by atoms with Gasteiger partial charge >= 0.3 is 6.03 Å². The van der Waals surface area contributed by atoms with Crippen LogP contribution in [0.5, 0.6) is 0 Å². The quantitative estimate of drug-likeness (QED) is 0.675. The molecule has 2 aromatic carbocycles. The average molecular weight is 383 g/mol. The van der Waals surface area contributed by atoms with E-state index in [2.05, 4.69) is 24.5 Å². The number of nitrogens with zero attached hydrogens (tertiary/aromatic N) is 1. The zero-order valence-electron chi connectivity index (χ0n) is 16.9. The summed E-state index contributed by atoms with van der Waals surface area (Å²) < 4.78 is 0. The average Bonchev–Trinajstić information content (AvgIpc) is 2.67. The lowest BCUT2D eigenvalue weighted by Crippen LogP contribution is -2.33. The molecular formula is C22H29N3O3. The molecule has 0 aliphatic carbocycles. The molecule has 0 radical (unpaired) electrons. The molecule has 2 rings (SSSR count). The highest BCUT2D eigenvalue weighted by atomic mass is 16.3. The molecular weight excluding hydrogens is 354 g/mol. The Morgan fingerprint density at radius 3 is 2.29 bits per heavy atom. The van der Waals surface area contributed by atoms with E-state index in [9.17, 15) is 14.7 Å². The van der Waals surface area contributed by atoms with Crippen molar-refractivity contribution in [1.82, 2.24) is 5.32 Å². The van der Waals surface area contributed by atoms with E-state index in [1.807, 2.05) is 24.3 Å². The van der Waals surface area contributed by atoms with Gasteiger partial charge in [0.15, 0.2) is 0 Å². The molecule has 3 amide bonds. The molecule has 0 aliphatic heterocycles. The van der Waals surface area contributed by atoms with E-state index in [1.165, 1.54) is 17.4 Å². The van der Waals surface area contributed by atoms with E-state index in [0.717, 1.165) is 5.56 Å². The summed E-state index contributed by atoms with van der Waals surface area (Å²) in [6.07, 6.45) is 0.418. The first-order valence-electron chi connectivity index (χ1n) is 9.44. The van der Waals surface area contributed by atoms with Crippen LogP contribution in [0.2, 0.25) is 0 Å². The van der Waals surface area contributed by atoms with Gasteiger partial charge in [0, 0.05) is 32.0 Å². The minimum Gasteiger partial charge on any atom is -0.396 e. The number of carbonyl (C=O) groups is 2. The van der Waals surface area contributed by atoms with Gasteiger partial charge in [0.05, 0.1) is 6.04 Å². The van der Waals surface area contributed by atoms with Crippen LogP contribution < -0.4 is 15.5 Å². The first-order chi connectivity index (χ1) is 13.3. The maximum atomic E-state index is 12.5. The summed E-state index contributed by atoms with van der Waals surface area (Å²) in [6.45, 7) is 5.71. The highest BCUT2D eigenvalue weighted by molar-refractivity contribution is 5.93. The summed E-state index contributed by atoms with van der Waals surface area (Å²) in [7, 11) is 1.68. The van der Waals surface area contributed by atoms with Crippen LogP contribution in [-0.2, 0) is 4.79 Å². The van der Waals surface area contributed by atoms with Crippen molar-refractivity contribution in [2.24, 2.45) is 0 Å². The van der Waals surface area contributed by atoms with Gasteiger partial charge in [-0.1, -0.05) is 44.2 Å². The van der Waals surface area contributed by atoms with Gasteiger partial charge in [0.1, 0.15) is 0 Å². The van der Waals surface area contributed by atoms with Crippen LogP contribution in [0.1, 0.15) is 50.3 Å². The first kappa shape index (κ1) is 21.4. The molecule has 0 fully saturated rings. The lowest BCUT2D eigenvalue weighted by molar-refractivity contribution is -0.116. The van der Waals surface area contributed by atoms with E-state index in [1.54, 1.807) is 31.3 Å². The molecule has 0 saturated carbocycles. The summed E-state index contributed by atoms with van der Waals surface area (Å²) in [5, 5.41) is 15.1. The molecule has 0 heterocycles. The summed E-state index contributed by atoms with van der Waals surface area (Å²) in [6, 6.07) is 14.5. The maximum absolute atomic E-state index is 12.5. The molecule has 0 saturated heterocycles. The highest BCUT2D eigenvalue weighted by Crippen LogP contribution is 2.22. The fourth-order valence-electron chi connectivity index (χ4n) is 2.86. The van der Waals surface area contributed by atoms with Crippen molar-refractivity contribution in [3.05, 3.63) is 59.7 Å². The van der Waals surface area contributed by atoms with Gasteiger partial charge in [-0.15, -0.1) is 0 Å². The Hall–Kier alpha value is -2.86. The molecule has 1 unspecified atom stereocenters. The highest BCUT2D eigenvalue weighted by Gasteiger charge is 2.15. The predicted octanol–water partition coefficient (Wildman–Crippen LogP) is 4.04. The number of carbonyl (C=O) groups excluding carboxylic acids is 2. The third kappa shape index (κ3) is 5.82. The number of hydrogen-bond donors (Lipinski definition) is 3. The Bertz CT molecular complexity index is 803. The fraction of sp³-hybridized carbons (Fsp3) is 0.364. The van der Waals surface area contributed by atoms with E-state index in [4.69, 9.17) is 0 Å². The largest absolute Gasteiger partial charge is 0.396 e. The molecule has 0 aliphatic rings. The maximum Gasteiger partial charge on any atom is 0.319 e. The number of nitrogens with one attached hydrogen (secondary N) is 2. The normalized spacial score (nSPS) is 11.8. The summed E-state index contributed by atoms with van der Waals surface area (Å²) >= 11 is 0. The minimum absolute atomic E-state index is 0.0320. The van der Waals surface area contributed by atoms with Crippen molar-refractivity contribution in [3.63, 3.8) is 0 Å². The molecule has 2 aromatic rings. The van der Waals surface area contributed by atoms with Gasteiger partial charge in [-0.3, -0.25) is 4.79 Å². The van der Waals surface area contributed by atoms with Crippen LogP contribution in [0.25, 0.3) is 0 Å². The van der Waals surface area contributed by atoms with Crippen LogP contribution in [0.3, 0.4) is 0 Å². The Kier molecular flexibility index (Phi) is 7.58. The van der Waals surface area contributed by atoms with Crippen molar-refractivity contribution in [3.8, 4) is 0 Å². The van der Waals surface area contributed by atoms with Gasteiger partial charge < -0.3 is 20.6 Å². The first-order valence-corrected chi connectivity index (χ1v) is 9.44. The standard InChI is InChI=1S/C22H29N3O3/c1-15(2)17-8-10-18(11-9-17)21(12-13-26)24-22(28)23-19-6-5-7-20(14-19)25(4)16(3)27/h5-11,14-15,21,26H,12-13H2,1-4H3,(H2,23,24,28). The monoisotopic (exact) mass is 383 g/mol. The van der Waals surface area contributed by atoms with Crippen LogP contribution in [0.4, 0.5) is 16.2 Å². The van der Waals surface area contributed by atoms with Crippen LogP contribution in [0, 0.1) is 0 Å². The van der Waals surface area contributed by atoms with Crippen LogP contribution >= 0.6 is 0 Å². The third-order valence-electron chi connectivity index (χ3n) is 4.69. The smallest absolute Gasteiger partial charge is 0.319 e. The van der Waals surface area contributed by atoms with Gasteiger partial charge in [-0.2, -0.15) is 0 Å². The Balaban J connectivity index is 2.08. The van der Waals surface area contributed by atoms with E-state index < -0.39 is 0 Å². The summed E-state index contributed by atoms with van der Waals surface area (Å²) in [5.41, 5.74) is 3.45. The second-order valence-electron chi connectivity index (χ2n) is 7.11. The number of rotatable bonds is 7. The number of aliphatic hydroxyl groups is 1. The molecule has 0 bridgehead atoms. The molecule has 1 atom stereocenters. The summed E-state index contributed by atoms with van der Waals surface area (Å²) in [4.78, 5) is 25.5. The number of aliphatic hydroxyl groups excluding tert-OH is 1. The van der Waals surface area contributed by atoms with Gasteiger partial charge in [-0.05, 0) is 41.7 Å². The minimum atomic E-state index is -0.367. The molecule has 0 spiro atoms. The summed E-state index contributed by atoms with van der Waals surface area (Å²) in [5.74, 6) is 0.344. The SMILES string of the molecule is CC(=O)N(C)c1cccc(NC(=O)NC(CCO)c2ccc(C(C)C)cc2)c1.